The highest BCUT2D eigenvalue weighted by atomic mass is 79.9. The van der Waals surface area contributed by atoms with Gasteiger partial charge in [-0.3, -0.25) is 4.79 Å². The average molecular weight is 369 g/mol. The normalized spacial score (nSPS) is 10.8. The van der Waals surface area contributed by atoms with Gasteiger partial charge in [-0.1, -0.05) is 0 Å². The molecule has 2 aromatic rings. The first-order valence-electron chi connectivity index (χ1n) is 5.27. The SMILES string of the molecule is O=C(c1ccc(F)c(Br)c1)c1c(F)c(F)c(F)c(F)c1F. The highest BCUT2D eigenvalue weighted by molar-refractivity contribution is 9.10. The molecule has 0 bridgehead atoms. The third kappa shape index (κ3) is 2.55. The number of carbonyl (C=O) groups is 1. The van der Waals surface area contributed by atoms with Crippen molar-refractivity contribution < 1.29 is 31.1 Å². The summed E-state index contributed by atoms with van der Waals surface area (Å²) in [6, 6.07) is 2.54. The van der Waals surface area contributed by atoms with E-state index in [0.717, 1.165) is 18.2 Å². The molecule has 0 saturated carbocycles. The number of rotatable bonds is 2. The predicted octanol–water partition coefficient (Wildman–Crippen LogP) is 4.51. The minimum Gasteiger partial charge on any atom is -0.288 e. The first-order chi connectivity index (χ1) is 9.75. The minimum atomic E-state index is -2.36. The molecule has 2 aromatic carbocycles. The third-order valence-corrected chi connectivity index (χ3v) is 3.23. The number of carbonyl (C=O) groups excluding carboxylic acids is 1. The summed E-state index contributed by atoms with van der Waals surface area (Å²) in [6.45, 7) is 0. The Kier molecular flexibility index (Phi) is 4.08. The third-order valence-electron chi connectivity index (χ3n) is 2.62. The topological polar surface area (TPSA) is 17.1 Å². The van der Waals surface area contributed by atoms with Crippen LogP contribution < -0.4 is 0 Å². The first-order valence-corrected chi connectivity index (χ1v) is 6.06. The van der Waals surface area contributed by atoms with Crippen LogP contribution in [0.15, 0.2) is 22.7 Å². The highest BCUT2D eigenvalue weighted by Crippen LogP contribution is 2.26. The van der Waals surface area contributed by atoms with E-state index in [-0.39, 0.29) is 4.47 Å². The van der Waals surface area contributed by atoms with Crippen LogP contribution in [-0.4, -0.2) is 5.78 Å². The summed E-state index contributed by atoms with van der Waals surface area (Å²) >= 11 is 2.74. The van der Waals surface area contributed by atoms with E-state index in [1.807, 2.05) is 0 Å². The van der Waals surface area contributed by atoms with Crippen LogP contribution in [0.25, 0.3) is 0 Å². The van der Waals surface area contributed by atoms with Crippen molar-refractivity contribution in [2.45, 2.75) is 0 Å². The standard InChI is InChI=1S/C13H3BrF6O/c14-5-3-4(1-2-6(5)15)13(21)7-8(16)10(18)12(20)11(19)9(7)17/h1-3H. The van der Waals surface area contributed by atoms with Crippen molar-refractivity contribution in [2.24, 2.45) is 0 Å². The Balaban J connectivity index is 2.66. The molecule has 1 nitrogen and oxygen atoms in total. The van der Waals surface area contributed by atoms with E-state index in [0.29, 0.717) is 0 Å². The second-order valence-corrected chi connectivity index (χ2v) is 4.76. The van der Waals surface area contributed by atoms with Gasteiger partial charge in [-0.2, -0.15) is 0 Å². The molecule has 0 spiro atoms. The van der Waals surface area contributed by atoms with Crippen LogP contribution >= 0.6 is 15.9 Å². The van der Waals surface area contributed by atoms with Crippen LogP contribution in [0, 0.1) is 34.9 Å². The number of hydrogen-bond donors (Lipinski definition) is 0. The Morgan fingerprint density at radius 1 is 0.810 bits per heavy atom. The molecule has 8 heteroatoms. The number of halogens is 7. The summed E-state index contributed by atoms with van der Waals surface area (Å²) in [7, 11) is 0. The maximum atomic E-state index is 13.5. The zero-order chi connectivity index (χ0) is 15.9. The molecule has 0 aliphatic carbocycles. The Hall–Kier alpha value is -1.83. The lowest BCUT2D eigenvalue weighted by Gasteiger charge is -2.08. The van der Waals surface area contributed by atoms with Gasteiger partial charge in [-0.25, -0.2) is 26.3 Å². The summed E-state index contributed by atoms with van der Waals surface area (Å²) < 4.78 is 78.8. The molecule has 110 valence electrons. The number of hydrogen-bond acceptors (Lipinski definition) is 1. The van der Waals surface area contributed by atoms with E-state index in [2.05, 4.69) is 15.9 Å². The Morgan fingerprint density at radius 3 is 1.76 bits per heavy atom. The fraction of sp³-hybridized carbons (Fsp3) is 0. The molecule has 0 aromatic heterocycles. The van der Waals surface area contributed by atoms with Gasteiger partial charge >= 0.3 is 0 Å². The van der Waals surface area contributed by atoms with Gasteiger partial charge in [0.05, 0.1) is 4.47 Å². The Morgan fingerprint density at radius 2 is 1.29 bits per heavy atom. The van der Waals surface area contributed by atoms with Crippen LogP contribution in [0.5, 0.6) is 0 Å². The molecule has 0 unspecified atom stereocenters. The molecule has 0 fully saturated rings. The van der Waals surface area contributed by atoms with Crippen molar-refractivity contribution in [2.75, 3.05) is 0 Å². The van der Waals surface area contributed by atoms with Crippen LogP contribution in [0.3, 0.4) is 0 Å². The lowest BCUT2D eigenvalue weighted by atomic mass is 10.0. The average Bonchev–Trinajstić information content (AvgIpc) is 2.46. The van der Waals surface area contributed by atoms with Gasteiger partial charge in [0.2, 0.25) is 5.82 Å². The van der Waals surface area contributed by atoms with E-state index < -0.39 is 51.8 Å². The van der Waals surface area contributed by atoms with Gasteiger partial charge in [0, 0.05) is 5.56 Å². The zero-order valence-corrected chi connectivity index (χ0v) is 11.4. The van der Waals surface area contributed by atoms with Crippen molar-refractivity contribution >= 4 is 21.7 Å². The second kappa shape index (κ2) is 5.51. The fourth-order valence-electron chi connectivity index (χ4n) is 1.59. The van der Waals surface area contributed by atoms with E-state index in [1.54, 1.807) is 0 Å². The lowest BCUT2D eigenvalue weighted by Crippen LogP contribution is -2.13. The molecule has 0 heterocycles. The first kappa shape index (κ1) is 15.6. The molecule has 0 atom stereocenters. The molecular weight excluding hydrogens is 366 g/mol. The number of benzene rings is 2. The molecule has 0 aliphatic heterocycles. The van der Waals surface area contributed by atoms with E-state index in [1.165, 1.54) is 0 Å². The smallest absolute Gasteiger partial charge is 0.200 e. The molecule has 21 heavy (non-hydrogen) atoms. The fourth-order valence-corrected chi connectivity index (χ4v) is 1.96. The zero-order valence-electron chi connectivity index (χ0n) is 9.79. The van der Waals surface area contributed by atoms with Crippen LogP contribution in [0.2, 0.25) is 0 Å². The van der Waals surface area contributed by atoms with Gasteiger partial charge in [0.25, 0.3) is 0 Å². The van der Waals surface area contributed by atoms with Gasteiger partial charge in [-0.05, 0) is 34.1 Å². The van der Waals surface area contributed by atoms with Crippen molar-refractivity contribution in [3.8, 4) is 0 Å². The summed E-state index contributed by atoms with van der Waals surface area (Å²) in [5.74, 6) is -13.5. The van der Waals surface area contributed by atoms with Gasteiger partial charge in [0.15, 0.2) is 29.1 Å². The summed E-state index contributed by atoms with van der Waals surface area (Å²) in [5.41, 5.74) is -2.03. The Bertz CT molecular complexity index is 730. The lowest BCUT2D eigenvalue weighted by molar-refractivity contribution is 0.102. The molecule has 0 N–H and O–H groups in total. The van der Waals surface area contributed by atoms with E-state index in [9.17, 15) is 31.1 Å². The largest absolute Gasteiger partial charge is 0.288 e. The highest BCUT2D eigenvalue weighted by Gasteiger charge is 2.30. The van der Waals surface area contributed by atoms with Gasteiger partial charge in [0.1, 0.15) is 11.4 Å². The second-order valence-electron chi connectivity index (χ2n) is 3.90. The quantitative estimate of drug-likeness (QED) is 0.330. The van der Waals surface area contributed by atoms with E-state index >= 15 is 0 Å². The monoisotopic (exact) mass is 368 g/mol. The molecule has 0 radical (unpaired) electrons. The van der Waals surface area contributed by atoms with E-state index in [4.69, 9.17) is 0 Å². The molecule has 0 amide bonds. The number of ketones is 1. The van der Waals surface area contributed by atoms with Crippen molar-refractivity contribution in [1.82, 2.24) is 0 Å². The molecular formula is C13H3BrF6O. The van der Waals surface area contributed by atoms with Crippen molar-refractivity contribution in [1.29, 1.82) is 0 Å². The minimum absolute atomic E-state index is 0.197. The van der Waals surface area contributed by atoms with Crippen LogP contribution in [0.4, 0.5) is 26.3 Å². The molecule has 0 aliphatic rings. The van der Waals surface area contributed by atoms with Crippen molar-refractivity contribution in [3.63, 3.8) is 0 Å². The molecule has 0 saturated heterocycles. The van der Waals surface area contributed by atoms with Gasteiger partial charge < -0.3 is 0 Å². The Labute approximate surface area is 122 Å². The van der Waals surface area contributed by atoms with Crippen molar-refractivity contribution in [3.05, 3.63) is 68.7 Å². The predicted molar refractivity (Wildman–Crippen MR) is 63.8 cm³/mol. The summed E-state index contributed by atoms with van der Waals surface area (Å²) in [4.78, 5) is 11.9. The van der Waals surface area contributed by atoms with Gasteiger partial charge in [-0.15, -0.1) is 0 Å². The summed E-state index contributed by atoms with van der Waals surface area (Å²) in [5, 5.41) is 0. The molecule has 2 rings (SSSR count). The maximum absolute atomic E-state index is 13.5. The van der Waals surface area contributed by atoms with Crippen LogP contribution in [-0.2, 0) is 0 Å². The summed E-state index contributed by atoms with van der Waals surface area (Å²) in [6.07, 6.45) is 0. The maximum Gasteiger partial charge on any atom is 0.200 e. The van der Waals surface area contributed by atoms with Crippen LogP contribution in [0.1, 0.15) is 15.9 Å².